The molecule has 0 atom stereocenters. The SMILES string of the molecule is CC(C)CC1(Cc2cccc(F)c2)CNC1. The van der Waals surface area contributed by atoms with Crippen LogP contribution in [0, 0.1) is 17.2 Å². The highest BCUT2D eigenvalue weighted by Crippen LogP contribution is 2.34. The number of halogens is 1. The van der Waals surface area contributed by atoms with E-state index < -0.39 is 0 Å². The molecule has 2 rings (SSSR count). The summed E-state index contributed by atoms with van der Waals surface area (Å²) in [6.07, 6.45) is 2.21. The molecular weight excluding hydrogens is 201 g/mol. The van der Waals surface area contributed by atoms with Gasteiger partial charge in [0, 0.05) is 13.1 Å². The van der Waals surface area contributed by atoms with Crippen LogP contribution in [-0.4, -0.2) is 13.1 Å². The molecule has 0 amide bonds. The van der Waals surface area contributed by atoms with Gasteiger partial charge in [0.25, 0.3) is 0 Å². The van der Waals surface area contributed by atoms with Gasteiger partial charge in [-0.05, 0) is 41.9 Å². The Hall–Kier alpha value is -0.890. The van der Waals surface area contributed by atoms with Gasteiger partial charge in [-0.25, -0.2) is 4.39 Å². The van der Waals surface area contributed by atoms with Crippen molar-refractivity contribution in [2.45, 2.75) is 26.7 Å². The summed E-state index contributed by atoms with van der Waals surface area (Å²) in [5, 5.41) is 3.35. The lowest BCUT2D eigenvalue weighted by molar-refractivity contribution is 0.131. The lowest BCUT2D eigenvalue weighted by atomic mass is 9.71. The molecule has 88 valence electrons. The molecule has 0 aromatic heterocycles. The molecule has 1 aliphatic heterocycles. The highest BCUT2D eigenvalue weighted by atomic mass is 19.1. The zero-order valence-electron chi connectivity index (χ0n) is 10.1. The Morgan fingerprint density at radius 3 is 2.62 bits per heavy atom. The van der Waals surface area contributed by atoms with Gasteiger partial charge in [0.05, 0.1) is 0 Å². The van der Waals surface area contributed by atoms with Crippen LogP contribution in [0.4, 0.5) is 4.39 Å². The van der Waals surface area contributed by atoms with Crippen LogP contribution in [0.2, 0.25) is 0 Å². The first kappa shape index (κ1) is 11.6. The molecular formula is C14H20FN. The van der Waals surface area contributed by atoms with Crippen molar-refractivity contribution in [2.24, 2.45) is 11.3 Å². The molecule has 1 fully saturated rings. The lowest BCUT2D eigenvalue weighted by Gasteiger charge is -2.44. The Kier molecular flexibility index (Phi) is 3.29. The van der Waals surface area contributed by atoms with Crippen molar-refractivity contribution in [3.63, 3.8) is 0 Å². The summed E-state index contributed by atoms with van der Waals surface area (Å²) < 4.78 is 13.1. The minimum atomic E-state index is -0.121. The maximum absolute atomic E-state index is 13.1. The minimum absolute atomic E-state index is 0.121. The molecule has 1 heterocycles. The van der Waals surface area contributed by atoms with Gasteiger partial charge in [-0.2, -0.15) is 0 Å². The lowest BCUT2D eigenvalue weighted by Crippen LogP contribution is -2.55. The van der Waals surface area contributed by atoms with Crippen LogP contribution in [0.1, 0.15) is 25.8 Å². The Labute approximate surface area is 97.1 Å². The average Bonchev–Trinajstić information content (AvgIpc) is 2.13. The molecule has 0 bridgehead atoms. The normalized spacial score (nSPS) is 18.5. The van der Waals surface area contributed by atoms with E-state index >= 15 is 0 Å². The van der Waals surface area contributed by atoms with Crippen LogP contribution in [-0.2, 0) is 6.42 Å². The van der Waals surface area contributed by atoms with Gasteiger partial charge in [0.1, 0.15) is 5.82 Å². The maximum Gasteiger partial charge on any atom is 0.123 e. The first-order valence-corrected chi connectivity index (χ1v) is 6.05. The van der Waals surface area contributed by atoms with E-state index in [0.29, 0.717) is 11.3 Å². The first-order chi connectivity index (χ1) is 7.60. The molecule has 1 aromatic carbocycles. The van der Waals surface area contributed by atoms with Gasteiger partial charge in [0.15, 0.2) is 0 Å². The molecule has 1 N–H and O–H groups in total. The van der Waals surface area contributed by atoms with Gasteiger partial charge in [-0.3, -0.25) is 0 Å². The van der Waals surface area contributed by atoms with E-state index in [4.69, 9.17) is 0 Å². The summed E-state index contributed by atoms with van der Waals surface area (Å²) in [5.41, 5.74) is 1.49. The second-order valence-corrected chi connectivity index (χ2v) is 5.51. The molecule has 0 radical (unpaired) electrons. The van der Waals surface area contributed by atoms with Crippen LogP contribution in [0.3, 0.4) is 0 Å². The van der Waals surface area contributed by atoms with E-state index in [1.54, 1.807) is 12.1 Å². The molecule has 16 heavy (non-hydrogen) atoms. The van der Waals surface area contributed by atoms with Gasteiger partial charge >= 0.3 is 0 Å². The smallest absolute Gasteiger partial charge is 0.123 e. The molecule has 1 aliphatic rings. The fourth-order valence-corrected chi connectivity index (χ4v) is 2.77. The predicted octanol–water partition coefficient (Wildman–Crippen LogP) is 3.00. The summed E-state index contributed by atoms with van der Waals surface area (Å²) in [7, 11) is 0. The third kappa shape index (κ3) is 2.62. The third-order valence-corrected chi connectivity index (χ3v) is 3.31. The molecule has 1 saturated heterocycles. The van der Waals surface area contributed by atoms with Gasteiger partial charge < -0.3 is 5.32 Å². The summed E-state index contributed by atoms with van der Waals surface area (Å²) in [5.74, 6) is 0.583. The van der Waals surface area contributed by atoms with Gasteiger partial charge in [0.2, 0.25) is 0 Å². The molecule has 1 aromatic rings. The molecule has 1 nitrogen and oxygen atoms in total. The number of nitrogens with one attached hydrogen (secondary N) is 1. The van der Waals surface area contributed by atoms with Crippen molar-refractivity contribution in [1.29, 1.82) is 0 Å². The summed E-state index contributed by atoms with van der Waals surface area (Å²) >= 11 is 0. The van der Waals surface area contributed by atoms with Crippen molar-refractivity contribution in [1.82, 2.24) is 5.32 Å². The summed E-state index contributed by atoms with van der Waals surface area (Å²) in [6.45, 7) is 6.65. The fourth-order valence-electron chi connectivity index (χ4n) is 2.77. The highest BCUT2D eigenvalue weighted by molar-refractivity contribution is 5.19. The molecule has 0 aliphatic carbocycles. The predicted molar refractivity (Wildman–Crippen MR) is 64.9 cm³/mol. The average molecular weight is 221 g/mol. The topological polar surface area (TPSA) is 12.0 Å². The van der Waals surface area contributed by atoms with Crippen LogP contribution in [0.15, 0.2) is 24.3 Å². The summed E-state index contributed by atoms with van der Waals surface area (Å²) in [4.78, 5) is 0. The van der Waals surface area contributed by atoms with E-state index in [0.717, 1.165) is 25.1 Å². The van der Waals surface area contributed by atoms with E-state index in [9.17, 15) is 4.39 Å². The Morgan fingerprint density at radius 1 is 1.38 bits per heavy atom. The van der Waals surface area contributed by atoms with Crippen molar-refractivity contribution in [3.8, 4) is 0 Å². The van der Waals surface area contributed by atoms with Gasteiger partial charge in [-0.1, -0.05) is 26.0 Å². The second-order valence-electron chi connectivity index (χ2n) is 5.51. The van der Waals surface area contributed by atoms with E-state index in [1.165, 1.54) is 12.5 Å². The largest absolute Gasteiger partial charge is 0.316 e. The van der Waals surface area contributed by atoms with Crippen LogP contribution in [0.25, 0.3) is 0 Å². The van der Waals surface area contributed by atoms with E-state index in [1.807, 2.05) is 6.07 Å². The molecule has 0 spiro atoms. The maximum atomic E-state index is 13.1. The molecule has 0 unspecified atom stereocenters. The number of rotatable bonds is 4. The zero-order valence-corrected chi connectivity index (χ0v) is 10.1. The standard InChI is InChI=1S/C14H20FN/c1-11(2)7-14(9-16-10-14)8-12-4-3-5-13(15)6-12/h3-6,11,16H,7-10H2,1-2H3. The first-order valence-electron chi connectivity index (χ1n) is 6.05. The second kappa shape index (κ2) is 4.54. The zero-order chi connectivity index (χ0) is 11.6. The fraction of sp³-hybridized carbons (Fsp3) is 0.571. The minimum Gasteiger partial charge on any atom is -0.316 e. The monoisotopic (exact) mass is 221 g/mol. The van der Waals surface area contributed by atoms with Crippen molar-refractivity contribution in [2.75, 3.05) is 13.1 Å². The Balaban J connectivity index is 2.06. The van der Waals surface area contributed by atoms with Crippen molar-refractivity contribution >= 4 is 0 Å². The van der Waals surface area contributed by atoms with Crippen LogP contribution < -0.4 is 5.32 Å². The summed E-state index contributed by atoms with van der Waals surface area (Å²) in [6, 6.07) is 7.02. The third-order valence-electron chi connectivity index (χ3n) is 3.31. The molecule has 0 saturated carbocycles. The highest BCUT2D eigenvalue weighted by Gasteiger charge is 2.37. The van der Waals surface area contributed by atoms with Crippen LogP contribution in [0.5, 0.6) is 0 Å². The quantitative estimate of drug-likeness (QED) is 0.824. The number of hydrogen-bond acceptors (Lipinski definition) is 1. The van der Waals surface area contributed by atoms with Crippen LogP contribution >= 0.6 is 0 Å². The number of hydrogen-bond donors (Lipinski definition) is 1. The van der Waals surface area contributed by atoms with Crippen molar-refractivity contribution < 1.29 is 4.39 Å². The molecule has 2 heteroatoms. The van der Waals surface area contributed by atoms with Gasteiger partial charge in [-0.15, -0.1) is 0 Å². The Bertz CT molecular complexity index is 356. The number of benzene rings is 1. The van der Waals surface area contributed by atoms with E-state index in [-0.39, 0.29) is 5.82 Å². The Morgan fingerprint density at radius 2 is 2.12 bits per heavy atom. The van der Waals surface area contributed by atoms with E-state index in [2.05, 4.69) is 19.2 Å². The van der Waals surface area contributed by atoms with Crippen molar-refractivity contribution in [3.05, 3.63) is 35.6 Å².